The average molecular weight is 274 g/mol. The first-order chi connectivity index (χ1) is 7.97. The molecule has 0 saturated carbocycles. The van der Waals surface area contributed by atoms with E-state index in [9.17, 15) is 9.90 Å². The van der Waals surface area contributed by atoms with Crippen molar-refractivity contribution in [3.8, 4) is 0 Å². The molecule has 5 heteroatoms. The second kappa shape index (κ2) is 4.59. The number of hydrogen-bond acceptors (Lipinski definition) is 3. The molecule has 1 fully saturated rings. The van der Waals surface area contributed by atoms with Crippen LogP contribution in [-0.2, 0) is 0 Å². The van der Waals surface area contributed by atoms with Crippen LogP contribution in [0.2, 0.25) is 5.02 Å². The van der Waals surface area contributed by atoms with E-state index in [2.05, 4.69) is 0 Å². The van der Waals surface area contributed by atoms with Gasteiger partial charge >= 0.3 is 0 Å². The average Bonchev–Trinajstić information content (AvgIpc) is 2.56. The molecule has 1 N–H and O–H groups in total. The SMILES string of the molecule is CCCC1(O)CN(C(=O)c2scc(C)c2Cl)C1. The van der Waals surface area contributed by atoms with E-state index in [4.69, 9.17) is 11.6 Å². The Morgan fingerprint density at radius 1 is 1.65 bits per heavy atom. The molecule has 0 spiro atoms. The number of aliphatic hydroxyl groups is 1. The Balaban J connectivity index is 2.03. The molecule has 1 aliphatic heterocycles. The number of carbonyl (C=O) groups excluding carboxylic acids is 1. The normalized spacial score (nSPS) is 18.0. The fourth-order valence-corrected chi connectivity index (χ4v) is 3.39. The Kier molecular flexibility index (Phi) is 3.48. The van der Waals surface area contributed by atoms with E-state index in [1.807, 2.05) is 19.2 Å². The Morgan fingerprint density at radius 2 is 2.29 bits per heavy atom. The zero-order chi connectivity index (χ0) is 12.6. The van der Waals surface area contributed by atoms with Gasteiger partial charge in [-0.15, -0.1) is 11.3 Å². The standard InChI is InChI=1S/C12H16ClNO2S/c1-3-4-12(16)6-14(7-12)11(15)10-9(13)8(2)5-17-10/h5,16H,3-4,6-7H2,1-2H3. The number of aryl methyl sites for hydroxylation is 1. The summed E-state index contributed by atoms with van der Waals surface area (Å²) in [6.45, 7) is 4.76. The van der Waals surface area contributed by atoms with Gasteiger partial charge in [-0.25, -0.2) is 0 Å². The lowest BCUT2D eigenvalue weighted by atomic mass is 9.89. The van der Waals surface area contributed by atoms with Gasteiger partial charge in [-0.2, -0.15) is 0 Å². The highest BCUT2D eigenvalue weighted by Crippen LogP contribution is 2.32. The molecule has 0 bridgehead atoms. The summed E-state index contributed by atoms with van der Waals surface area (Å²) < 4.78 is 0. The van der Waals surface area contributed by atoms with Crippen LogP contribution in [0.15, 0.2) is 5.38 Å². The van der Waals surface area contributed by atoms with Crippen molar-refractivity contribution in [2.45, 2.75) is 32.3 Å². The molecule has 1 aromatic heterocycles. The lowest BCUT2D eigenvalue weighted by molar-refractivity contribution is -0.0858. The molecule has 0 radical (unpaired) electrons. The zero-order valence-corrected chi connectivity index (χ0v) is 11.6. The summed E-state index contributed by atoms with van der Waals surface area (Å²) in [6.07, 6.45) is 1.67. The van der Waals surface area contributed by atoms with E-state index >= 15 is 0 Å². The van der Waals surface area contributed by atoms with Gasteiger partial charge in [-0.05, 0) is 24.3 Å². The Morgan fingerprint density at radius 3 is 2.76 bits per heavy atom. The van der Waals surface area contributed by atoms with Gasteiger partial charge < -0.3 is 10.0 Å². The molecule has 1 aliphatic rings. The van der Waals surface area contributed by atoms with E-state index in [1.165, 1.54) is 11.3 Å². The van der Waals surface area contributed by atoms with Crippen molar-refractivity contribution in [2.75, 3.05) is 13.1 Å². The maximum atomic E-state index is 12.1. The van der Waals surface area contributed by atoms with Crippen LogP contribution in [-0.4, -0.2) is 34.6 Å². The highest BCUT2D eigenvalue weighted by atomic mass is 35.5. The van der Waals surface area contributed by atoms with Gasteiger partial charge in [0, 0.05) is 0 Å². The predicted molar refractivity (Wildman–Crippen MR) is 69.8 cm³/mol. The third-order valence-electron chi connectivity index (χ3n) is 3.07. The summed E-state index contributed by atoms with van der Waals surface area (Å²) >= 11 is 7.43. The second-order valence-electron chi connectivity index (χ2n) is 4.70. The van der Waals surface area contributed by atoms with Gasteiger partial charge in [0.15, 0.2) is 0 Å². The molecule has 1 amide bonds. The minimum absolute atomic E-state index is 0.0612. The fourth-order valence-electron chi connectivity index (χ4n) is 2.15. The molecular formula is C12H16ClNO2S. The largest absolute Gasteiger partial charge is 0.386 e. The van der Waals surface area contributed by atoms with E-state index in [0.29, 0.717) is 23.0 Å². The zero-order valence-electron chi connectivity index (χ0n) is 9.99. The number of halogens is 1. The molecule has 1 aromatic rings. The molecule has 3 nitrogen and oxygen atoms in total. The first-order valence-electron chi connectivity index (χ1n) is 5.72. The van der Waals surface area contributed by atoms with Gasteiger partial charge in [0.2, 0.25) is 0 Å². The first-order valence-corrected chi connectivity index (χ1v) is 6.98. The van der Waals surface area contributed by atoms with Gasteiger partial charge in [-0.3, -0.25) is 4.79 Å². The minimum Gasteiger partial charge on any atom is -0.386 e. The highest BCUT2D eigenvalue weighted by Gasteiger charge is 2.43. The topological polar surface area (TPSA) is 40.5 Å². The van der Waals surface area contributed by atoms with Crippen molar-refractivity contribution in [2.24, 2.45) is 0 Å². The molecule has 0 aliphatic carbocycles. The van der Waals surface area contributed by atoms with Crippen molar-refractivity contribution in [3.63, 3.8) is 0 Å². The molecule has 17 heavy (non-hydrogen) atoms. The van der Waals surface area contributed by atoms with Crippen molar-refractivity contribution in [3.05, 3.63) is 20.8 Å². The van der Waals surface area contributed by atoms with E-state index in [0.717, 1.165) is 18.4 Å². The van der Waals surface area contributed by atoms with Gasteiger partial charge in [0.1, 0.15) is 4.88 Å². The monoisotopic (exact) mass is 273 g/mol. The Hall–Kier alpha value is -0.580. The Labute approximate surface area is 110 Å². The first kappa shape index (κ1) is 12.9. The van der Waals surface area contributed by atoms with Gasteiger partial charge in [0.05, 0.1) is 23.7 Å². The quantitative estimate of drug-likeness (QED) is 0.920. The smallest absolute Gasteiger partial charge is 0.265 e. The van der Waals surface area contributed by atoms with Crippen molar-refractivity contribution in [1.29, 1.82) is 0 Å². The van der Waals surface area contributed by atoms with Crippen LogP contribution in [0.5, 0.6) is 0 Å². The lowest BCUT2D eigenvalue weighted by Crippen LogP contribution is -2.63. The van der Waals surface area contributed by atoms with Gasteiger partial charge in [0.25, 0.3) is 5.91 Å². The molecular weight excluding hydrogens is 258 g/mol. The molecule has 2 heterocycles. The summed E-state index contributed by atoms with van der Waals surface area (Å²) in [5.41, 5.74) is 0.257. The third kappa shape index (κ3) is 2.34. The van der Waals surface area contributed by atoms with Crippen LogP contribution in [0.25, 0.3) is 0 Å². The molecule has 0 atom stereocenters. The Bertz CT molecular complexity index is 438. The minimum atomic E-state index is -0.677. The van der Waals surface area contributed by atoms with Crippen molar-refractivity contribution in [1.82, 2.24) is 4.90 Å². The summed E-state index contributed by atoms with van der Waals surface area (Å²) in [4.78, 5) is 14.3. The number of thiophene rings is 1. The van der Waals surface area contributed by atoms with Crippen LogP contribution < -0.4 is 0 Å². The summed E-state index contributed by atoms with van der Waals surface area (Å²) in [7, 11) is 0. The van der Waals surface area contributed by atoms with Gasteiger partial charge in [-0.1, -0.05) is 24.9 Å². The summed E-state index contributed by atoms with van der Waals surface area (Å²) in [6, 6.07) is 0. The van der Waals surface area contributed by atoms with Crippen molar-refractivity contribution >= 4 is 28.8 Å². The lowest BCUT2D eigenvalue weighted by Gasteiger charge is -2.46. The predicted octanol–water partition coefficient (Wildman–Crippen LogP) is 2.70. The van der Waals surface area contributed by atoms with Crippen LogP contribution in [0.4, 0.5) is 0 Å². The van der Waals surface area contributed by atoms with E-state index in [1.54, 1.807) is 4.90 Å². The number of rotatable bonds is 3. The second-order valence-corrected chi connectivity index (χ2v) is 5.95. The van der Waals surface area contributed by atoms with Crippen LogP contribution in [0.1, 0.15) is 35.0 Å². The molecule has 2 rings (SSSR count). The number of β-amino-alcohol motifs (C(OH)–C–C–N with tert-alkyl or cyclic N) is 1. The molecule has 0 aromatic carbocycles. The van der Waals surface area contributed by atoms with Crippen LogP contribution in [0, 0.1) is 6.92 Å². The number of hydrogen-bond donors (Lipinski definition) is 1. The number of likely N-dealkylation sites (tertiary alicyclic amines) is 1. The van der Waals surface area contributed by atoms with E-state index in [-0.39, 0.29) is 5.91 Å². The number of carbonyl (C=O) groups is 1. The van der Waals surface area contributed by atoms with Crippen LogP contribution >= 0.6 is 22.9 Å². The summed E-state index contributed by atoms with van der Waals surface area (Å²) in [5.74, 6) is -0.0612. The number of amides is 1. The van der Waals surface area contributed by atoms with E-state index < -0.39 is 5.60 Å². The number of nitrogens with zero attached hydrogens (tertiary/aromatic N) is 1. The summed E-state index contributed by atoms with van der Waals surface area (Å²) in [5, 5.41) is 12.5. The highest BCUT2D eigenvalue weighted by molar-refractivity contribution is 7.13. The maximum Gasteiger partial charge on any atom is 0.265 e. The third-order valence-corrected chi connectivity index (χ3v) is 4.75. The maximum absolute atomic E-state index is 12.1. The van der Waals surface area contributed by atoms with Crippen LogP contribution in [0.3, 0.4) is 0 Å². The molecule has 0 unspecified atom stereocenters. The molecule has 94 valence electrons. The van der Waals surface area contributed by atoms with Crippen molar-refractivity contribution < 1.29 is 9.90 Å². The fraction of sp³-hybridized carbons (Fsp3) is 0.583. The molecule has 1 saturated heterocycles.